The molecule has 0 radical (unpaired) electrons. The molecule has 0 aliphatic carbocycles. The van der Waals surface area contributed by atoms with Gasteiger partial charge in [-0.05, 0) is 43.5 Å². The molecular weight excluding hydrogens is 348 g/mol. The van der Waals surface area contributed by atoms with Gasteiger partial charge in [-0.25, -0.2) is 8.42 Å². The summed E-state index contributed by atoms with van der Waals surface area (Å²) in [5.41, 5.74) is 3.58. The highest BCUT2D eigenvalue weighted by Gasteiger charge is 2.22. The number of hydrogen-bond donors (Lipinski definition) is 1. The van der Waals surface area contributed by atoms with Crippen molar-refractivity contribution in [3.63, 3.8) is 0 Å². The van der Waals surface area contributed by atoms with Crippen molar-refractivity contribution in [2.45, 2.75) is 33.2 Å². The largest absolute Gasteiger partial charge is 0.348 e. The summed E-state index contributed by atoms with van der Waals surface area (Å²) in [4.78, 5) is 12.6. The smallest absolute Gasteiger partial charge is 0.241 e. The minimum atomic E-state index is -3.57. The molecule has 1 atom stereocenters. The number of rotatable bonds is 7. The first-order valence-corrected chi connectivity index (χ1v) is 10.5. The van der Waals surface area contributed by atoms with E-state index in [0.717, 1.165) is 33.7 Å². The highest BCUT2D eigenvalue weighted by molar-refractivity contribution is 7.92. The Balaban J connectivity index is 2.17. The number of benzene rings is 2. The molecule has 1 amide bonds. The zero-order valence-corrected chi connectivity index (χ0v) is 16.5. The average molecular weight is 375 g/mol. The van der Waals surface area contributed by atoms with E-state index in [1.165, 1.54) is 0 Å². The van der Waals surface area contributed by atoms with Crippen LogP contribution in [0.4, 0.5) is 5.69 Å². The van der Waals surface area contributed by atoms with E-state index in [0.29, 0.717) is 5.69 Å². The van der Waals surface area contributed by atoms with E-state index >= 15 is 0 Å². The van der Waals surface area contributed by atoms with Gasteiger partial charge < -0.3 is 5.32 Å². The summed E-state index contributed by atoms with van der Waals surface area (Å²) in [6, 6.07) is 14.9. The number of amides is 1. The third-order valence-corrected chi connectivity index (χ3v) is 5.34. The van der Waals surface area contributed by atoms with Crippen LogP contribution >= 0.6 is 0 Å². The molecule has 140 valence electrons. The fraction of sp³-hybridized carbons (Fsp3) is 0.350. The molecule has 0 aromatic heterocycles. The third-order valence-electron chi connectivity index (χ3n) is 4.20. The van der Waals surface area contributed by atoms with Crippen LogP contribution in [0.3, 0.4) is 0 Å². The average Bonchev–Trinajstić information content (AvgIpc) is 2.57. The minimum Gasteiger partial charge on any atom is -0.348 e. The predicted molar refractivity (Wildman–Crippen MR) is 106 cm³/mol. The Labute approximate surface area is 156 Å². The lowest BCUT2D eigenvalue weighted by Crippen LogP contribution is -2.41. The third kappa shape index (κ3) is 5.33. The Morgan fingerprint density at radius 3 is 2.27 bits per heavy atom. The van der Waals surface area contributed by atoms with Gasteiger partial charge in [0.15, 0.2) is 0 Å². The lowest BCUT2D eigenvalue weighted by molar-refractivity contribution is -0.120. The Morgan fingerprint density at radius 1 is 1.08 bits per heavy atom. The van der Waals surface area contributed by atoms with Crippen molar-refractivity contribution in [3.05, 3.63) is 65.2 Å². The van der Waals surface area contributed by atoms with Crippen LogP contribution in [0.5, 0.6) is 0 Å². The fourth-order valence-corrected chi connectivity index (χ4v) is 3.62. The minimum absolute atomic E-state index is 0.151. The van der Waals surface area contributed by atoms with Crippen LogP contribution in [-0.4, -0.2) is 27.1 Å². The van der Waals surface area contributed by atoms with E-state index in [1.807, 2.05) is 51.1 Å². The number of aryl methyl sites for hydroxylation is 2. The molecule has 0 fully saturated rings. The zero-order chi connectivity index (χ0) is 19.3. The van der Waals surface area contributed by atoms with Gasteiger partial charge in [-0.3, -0.25) is 9.10 Å². The molecule has 0 heterocycles. The summed E-state index contributed by atoms with van der Waals surface area (Å²) in [7, 11) is -3.57. The van der Waals surface area contributed by atoms with Gasteiger partial charge in [0.05, 0.1) is 18.0 Å². The number of sulfonamides is 1. The van der Waals surface area contributed by atoms with Crippen molar-refractivity contribution < 1.29 is 13.2 Å². The van der Waals surface area contributed by atoms with Gasteiger partial charge in [-0.15, -0.1) is 0 Å². The van der Waals surface area contributed by atoms with Crippen molar-refractivity contribution in [1.82, 2.24) is 5.32 Å². The Morgan fingerprint density at radius 2 is 1.73 bits per heavy atom. The lowest BCUT2D eigenvalue weighted by atomic mass is 10.0. The number of nitrogens with zero attached hydrogens (tertiary/aromatic N) is 1. The summed E-state index contributed by atoms with van der Waals surface area (Å²) in [6.45, 7) is 5.63. The zero-order valence-electron chi connectivity index (χ0n) is 15.7. The molecule has 5 nitrogen and oxygen atoms in total. The first-order chi connectivity index (χ1) is 12.2. The van der Waals surface area contributed by atoms with Crippen LogP contribution in [-0.2, 0) is 14.8 Å². The molecule has 0 spiro atoms. The first kappa shape index (κ1) is 20.0. The Hall–Kier alpha value is -2.34. The SMILES string of the molecule is CC[C@H](NC(=O)CN(c1cccc(C)c1)S(C)(=O)=O)c1ccc(C)cc1. The van der Waals surface area contributed by atoms with E-state index in [9.17, 15) is 13.2 Å². The van der Waals surface area contributed by atoms with E-state index < -0.39 is 10.0 Å². The molecule has 2 aromatic rings. The predicted octanol–water partition coefficient (Wildman–Crippen LogP) is 3.34. The molecule has 0 bridgehead atoms. The number of carbonyl (C=O) groups excluding carboxylic acids is 1. The number of carbonyl (C=O) groups is 1. The summed E-state index contributed by atoms with van der Waals surface area (Å²) >= 11 is 0. The second kappa shape index (κ2) is 8.36. The molecular formula is C20H26N2O3S. The summed E-state index contributed by atoms with van der Waals surface area (Å²) in [6.07, 6.45) is 1.83. The van der Waals surface area contributed by atoms with Crippen LogP contribution < -0.4 is 9.62 Å². The summed E-state index contributed by atoms with van der Waals surface area (Å²) in [5.74, 6) is -0.329. The lowest BCUT2D eigenvalue weighted by Gasteiger charge is -2.24. The van der Waals surface area contributed by atoms with Crippen LogP contribution in [0.1, 0.15) is 36.1 Å². The van der Waals surface area contributed by atoms with Gasteiger partial charge in [-0.2, -0.15) is 0 Å². The second-order valence-corrected chi connectivity index (χ2v) is 8.45. The highest BCUT2D eigenvalue weighted by Crippen LogP contribution is 2.20. The molecule has 6 heteroatoms. The van der Waals surface area contributed by atoms with Crippen molar-refractivity contribution in [2.24, 2.45) is 0 Å². The molecule has 2 rings (SSSR count). The standard InChI is InChI=1S/C20H26N2O3S/c1-5-19(17-11-9-15(2)10-12-17)21-20(23)14-22(26(4,24)25)18-8-6-7-16(3)13-18/h6-13,19H,5,14H2,1-4H3,(H,21,23)/t19-/m0/s1. The maximum Gasteiger partial charge on any atom is 0.241 e. The second-order valence-electron chi connectivity index (χ2n) is 6.55. The van der Waals surface area contributed by atoms with Gasteiger partial charge in [0.1, 0.15) is 6.54 Å². The molecule has 0 aliphatic heterocycles. The van der Waals surface area contributed by atoms with E-state index in [2.05, 4.69) is 5.32 Å². The molecule has 0 unspecified atom stereocenters. The van der Waals surface area contributed by atoms with Crippen LogP contribution in [0.25, 0.3) is 0 Å². The monoisotopic (exact) mass is 374 g/mol. The van der Waals surface area contributed by atoms with Gasteiger partial charge in [0.25, 0.3) is 0 Å². The van der Waals surface area contributed by atoms with Gasteiger partial charge in [0.2, 0.25) is 15.9 Å². The van der Waals surface area contributed by atoms with E-state index in [4.69, 9.17) is 0 Å². The van der Waals surface area contributed by atoms with Crippen molar-refractivity contribution in [3.8, 4) is 0 Å². The van der Waals surface area contributed by atoms with Crippen LogP contribution in [0.15, 0.2) is 48.5 Å². The number of nitrogens with one attached hydrogen (secondary N) is 1. The maximum atomic E-state index is 12.6. The highest BCUT2D eigenvalue weighted by atomic mass is 32.2. The Bertz CT molecular complexity index is 861. The van der Waals surface area contributed by atoms with Crippen LogP contribution in [0.2, 0.25) is 0 Å². The summed E-state index contributed by atoms with van der Waals surface area (Å²) in [5, 5.41) is 2.94. The van der Waals surface area contributed by atoms with E-state index in [-0.39, 0.29) is 18.5 Å². The Kier molecular flexibility index (Phi) is 6.42. The molecule has 0 saturated heterocycles. The normalized spacial score (nSPS) is 12.5. The van der Waals surface area contributed by atoms with Crippen molar-refractivity contribution in [1.29, 1.82) is 0 Å². The molecule has 0 saturated carbocycles. The topological polar surface area (TPSA) is 66.5 Å². The number of anilines is 1. The van der Waals surface area contributed by atoms with Crippen molar-refractivity contribution >= 4 is 21.6 Å². The maximum absolute atomic E-state index is 12.6. The quantitative estimate of drug-likeness (QED) is 0.808. The van der Waals surface area contributed by atoms with Crippen LogP contribution in [0, 0.1) is 13.8 Å². The fourth-order valence-electron chi connectivity index (χ4n) is 2.77. The van der Waals surface area contributed by atoms with E-state index in [1.54, 1.807) is 18.2 Å². The van der Waals surface area contributed by atoms with Gasteiger partial charge in [-0.1, -0.05) is 48.9 Å². The number of hydrogen-bond acceptors (Lipinski definition) is 3. The molecule has 26 heavy (non-hydrogen) atoms. The molecule has 2 aromatic carbocycles. The van der Waals surface area contributed by atoms with Crippen molar-refractivity contribution in [2.75, 3.05) is 17.1 Å². The van der Waals surface area contributed by atoms with Gasteiger partial charge in [0, 0.05) is 0 Å². The summed E-state index contributed by atoms with van der Waals surface area (Å²) < 4.78 is 25.5. The molecule has 1 N–H and O–H groups in total. The molecule has 0 aliphatic rings. The first-order valence-electron chi connectivity index (χ1n) is 8.61. The van der Waals surface area contributed by atoms with Gasteiger partial charge >= 0.3 is 0 Å².